The number of amides is 1. The standard InChI is InChI=1S/C21H18ClN5O/c1-14-25-19(21(28)27-18-8-3-2-6-16(18)13-23)12-20(26-14)24-10-9-15-5-4-7-17(22)11-15/h2-8,11-12H,9-10H2,1H3,(H,27,28)(H,24,25,26). The Morgan fingerprint density at radius 1 is 1.14 bits per heavy atom. The molecule has 3 rings (SSSR count). The average Bonchev–Trinajstić information content (AvgIpc) is 2.68. The Morgan fingerprint density at radius 3 is 2.75 bits per heavy atom. The molecule has 2 aromatic carbocycles. The molecule has 1 heterocycles. The van der Waals surface area contributed by atoms with E-state index in [2.05, 4.69) is 26.7 Å². The lowest BCUT2D eigenvalue weighted by atomic mass is 10.1. The summed E-state index contributed by atoms with van der Waals surface area (Å²) in [6.07, 6.45) is 0.765. The fourth-order valence-electron chi connectivity index (χ4n) is 2.68. The first-order chi connectivity index (χ1) is 13.5. The Hall–Kier alpha value is -3.43. The molecule has 140 valence electrons. The molecule has 0 unspecified atom stereocenters. The van der Waals surface area contributed by atoms with Gasteiger partial charge in [0.25, 0.3) is 5.91 Å². The van der Waals surface area contributed by atoms with Crippen LogP contribution in [0.15, 0.2) is 54.6 Å². The molecule has 0 spiro atoms. The van der Waals surface area contributed by atoms with Crippen molar-refractivity contribution in [2.75, 3.05) is 17.2 Å². The molecule has 1 aromatic heterocycles. The van der Waals surface area contributed by atoms with E-state index in [9.17, 15) is 4.79 Å². The minimum Gasteiger partial charge on any atom is -0.370 e. The monoisotopic (exact) mass is 391 g/mol. The van der Waals surface area contributed by atoms with E-state index in [0.29, 0.717) is 34.5 Å². The normalized spacial score (nSPS) is 10.2. The van der Waals surface area contributed by atoms with Crippen LogP contribution in [0.4, 0.5) is 11.5 Å². The summed E-state index contributed by atoms with van der Waals surface area (Å²) in [6.45, 7) is 2.36. The molecule has 28 heavy (non-hydrogen) atoms. The molecule has 0 fully saturated rings. The molecular weight excluding hydrogens is 374 g/mol. The number of para-hydroxylation sites is 1. The maximum atomic E-state index is 12.6. The summed E-state index contributed by atoms with van der Waals surface area (Å²) in [6, 6.07) is 18.1. The SMILES string of the molecule is Cc1nc(NCCc2cccc(Cl)c2)cc(C(=O)Nc2ccccc2C#N)n1. The predicted molar refractivity (Wildman–Crippen MR) is 110 cm³/mol. The summed E-state index contributed by atoms with van der Waals surface area (Å²) in [4.78, 5) is 21.1. The maximum absolute atomic E-state index is 12.6. The molecule has 0 saturated heterocycles. The fraction of sp³-hybridized carbons (Fsp3) is 0.143. The summed E-state index contributed by atoms with van der Waals surface area (Å²) in [5, 5.41) is 15.8. The molecule has 6 nitrogen and oxygen atoms in total. The van der Waals surface area contributed by atoms with E-state index in [1.807, 2.05) is 24.3 Å². The second-order valence-corrected chi connectivity index (χ2v) is 6.54. The van der Waals surface area contributed by atoms with E-state index in [-0.39, 0.29) is 5.69 Å². The van der Waals surface area contributed by atoms with E-state index in [1.165, 1.54) is 0 Å². The number of carbonyl (C=O) groups is 1. The number of benzene rings is 2. The van der Waals surface area contributed by atoms with Gasteiger partial charge >= 0.3 is 0 Å². The van der Waals surface area contributed by atoms with Gasteiger partial charge in [-0.25, -0.2) is 9.97 Å². The summed E-state index contributed by atoms with van der Waals surface area (Å²) >= 11 is 6.00. The lowest BCUT2D eigenvalue weighted by Crippen LogP contribution is -2.17. The van der Waals surface area contributed by atoms with Crippen LogP contribution in [0.2, 0.25) is 5.02 Å². The summed E-state index contributed by atoms with van der Waals surface area (Å²) in [7, 11) is 0. The van der Waals surface area contributed by atoms with Crippen LogP contribution >= 0.6 is 11.6 Å². The molecule has 0 saturated carbocycles. The quantitative estimate of drug-likeness (QED) is 0.656. The van der Waals surface area contributed by atoms with Crippen molar-refractivity contribution in [2.24, 2.45) is 0 Å². The number of halogens is 1. The number of rotatable bonds is 6. The topological polar surface area (TPSA) is 90.7 Å². The zero-order chi connectivity index (χ0) is 19.9. The number of carbonyl (C=O) groups excluding carboxylic acids is 1. The predicted octanol–water partition coefficient (Wildman–Crippen LogP) is 4.22. The largest absolute Gasteiger partial charge is 0.370 e. The first-order valence-electron chi connectivity index (χ1n) is 8.69. The van der Waals surface area contributed by atoms with Gasteiger partial charge in [0.15, 0.2) is 0 Å². The molecule has 2 N–H and O–H groups in total. The van der Waals surface area contributed by atoms with Gasteiger partial charge in [-0.1, -0.05) is 35.9 Å². The number of hydrogen-bond acceptors (Lipinski definition) is 5. The summed E-state index contributed by atoms with van der Waals surface area (Å²) < 4.78 is 0. The number of aromatic nitrogens is 2. The van der Waals surface area contributed by atoms with Gasteiger partial charge in [0.1, 0.15) is 23.4 Å². The summed E-state index contributed by atoms with van der Waals surface area (Å²) in [5.74, 6) is 0.644. The minimum atomic E-state index is -0.397. The van der Waals surface area contributed by atoms with Gasteiger partial charge in [-0.2, -0.15) is 5.26 Å². The Bertz CT molecular complexity index is 1040. The van der Waals surface area contributed by atoms with Crippen LogP contribution < -0.4 is 10.6 Å². The van der Waals surface area contributed by atoms with Crippen LogP contribution in [-0.2, 0) is 6.42 Å². The number of nitrogens with one attached hydrogen (secondary N) is 2. The molecule has 0 atom stereocenters. The first-order valence-corrected chi connectivity index (χ1v) is 9.07. The molecule has 0 bridgehead atoms. The third kappa shape index (κ3) is 5.06. The van der Waals surface area contributed by atoms with Gasteiger partial charge in [-0.3, -0.25) is 4.79 Å². The number of aryl methyl sites for hydroxylation is 1. The molecule has 0 radical (unpaired) electrons. The number of nitriles is 1. The van der Waals surface area contributed by atoms with Crippen LogP contribution in [0, 0.1) is 18.3 Å². The smallest absolute Gasteiger partial charge is 0.274 e. The third-order valence-corrected chi connectivity index (χ3v) is 4.21. The fourth-order valence-corrected chi connectivity index (χ4v) is 2.89. The second-order valence-electron chi connectivity index (χ2n) is 6.10. The molecule has 7 heteroatoms. The van der Waals surface area contributed by atoms with Crippen molar-refractivity contribution in [3.8, 4) is 6.07 Å². The van der Waals surface area contributed by atoms with Crippen molar-refractivity contribution in [2.45, 2.75) is 13.3 Å². The highest BCUT2D eigenvalue weighted by Crippen LogP contribution is 2.16. The highest BCUT2D eigenvalue weighted by molar-refractivity contribution is 6.30. The van der Waals surface area contributed by atoms with Crippen molar-refractivity contribution in [1.82, 2.24) is 9.97 Å². The number of nitrogens with zero attached hydrogens (tertiary/aromatic N) is 3. The number of hydrogen-bond donors (Lipinski definition) is 2. The highest BCUT2D eigenvalue weighted by Gasteiger charge is 2.12. The van der Waals surface area contributed by atoms with E-state index < -0.39 is 5.91 Å². The molecule has 0 aliphatic rings. The highest BCUT2D eigenvalue weighted by atomic mass is 35.5. The van der Waals surface area contributed by atoms with E-state index in [4.69, 9.17) is 16.9 Å². The van der Waals surface area contributed by atoms with Crippen molar-refractivity contribution in [3.63, 3.8) is 0 Å². The van der Waals surface area contributed by atoms with Crippen LogP contribution in [0.25, 0.3) is 0 Å². The van der Waals surface area contributed by atoms with Gasteiger partial charge < -0.3 is 10.6 Å². The first kappa shape index (κ1) is 19.3. The summed E-state index contributed by atoms with van der Waals surface area (Å²) in [5.41, 5.74) is 2.17. The van der Waals surface area contributed by atoms with Gasteiger partial charge in [0.2, 0.25) is 0 Å². The zero-order valence-electron chi connectivity index (χ0n) is 15.2. The lowest BCUT2D eigenvalue weighted by molar-refractivity contribution is 0.102. The number of anilines is 2. The van der Waals surface area contributed by atoms with Gasteiger partial charge in [0.05, 0.1) is 11.3 Å². The van der Waals surface area contributed by atoms with Crippen molar-refractivity contribution >= 4 is 29.0 Å². The Morgan fingerprint density at radius 2 is 1.96 bits per heavy atom. The Kier molecular flexibility index (Phi) is 6.20. The molecule has 0 aliphatic carbocycles. The van der Waals surface area contributed by atoms with Gasteiger partial charge in [0, 0.05) is 17.6 Å². The van der Waals surface area contributed by atoms with Crippen molar-refractivity contribution < 1.29 is 4.79 Å². The van der Waals surface area contributed by atoms with Crippen molar-refractivity contribution in [3.05, 3.63) is 82.3 Å². The Balaban J connectivity index is 1.68. The second kappa shape index (κ2) is 8.98. The average molecular weight is 392 g/mol. The van der Waals surface area contributed by atoms with Crippen LogP contribution in [-0.4, -0.2) is 22.4 Å². The lowest BCUT2D eigenvalue weighted by Gasteiger charge is -2.10. The van der Waals surface area contributed by atoms with Crippen LogP contribution in [0.1, 0.15) is 27.4 Å². The zero-order valence-corrected chi connectivity index (χ0v) is 16.0. The van der Waals surface area contributed by atoms with Gasteiger partial charge in [-0.15, -0.1) is 0 Å². The Labute approximate surface area is 168 Å². The minimum absolute atomic E-state index is 0.227. The molecule has 1 amide bonds. The van der Waals surface area contributed by atoms with Crippen LogP contribution in [0.5, 0.6) is 0 Å². The van der Waals surface area contributed by atoms with E-state index >= 15 is 0 Å². The third-order valence-electron chi connectivity index (χ3n) is 3.98. The van der Waals surface area contributed by atoms with Crippen LogP contribution in [0.3, 0.4) is 0 Å². The molecular formula is C21H18ClN5O. The molecule has 3 aromatic rings. The van der Waals surface area contributed by atoms with Gasteiger partial charge in [-0.05, 0) is 43.2 Å². The van der Waals surface area contributed by atoms with Crippen molar-refractivity contribution in [1.29, 1.82) is 5.26 Å². The molecule has 0 aliphatic heterocycles. The maximum Gasteiger partial charge on any atom is 0.274 e. The van der Waals surface area contributed by atoms with E-state index in [1.54, 1.807) is 37.3 Å². The van der Waals surface area contributed by atoms with E-state index in [0.717, 1.165) is 12.0 Å².